The summed E-state index contributed by atoms with van der Waals surface area (Å²) in [7, 11) is 0. The molecule has 28 heavy (non-hydrogen) atoms. The van der Waals surface area contributed by atoms with Crippen molar-refractivity contribution < 1.29 is 14.6 Å². The minimum absolute atomic E-state index is 0.204. The Morgan fingerprint density at radius 1 is 0.893 bits per heavy atom. The molecule has 0 unspecified atom stereocenters. The Morgan fingerprint density at radius 3 is 2.36 bits per heavy atom. The van der Waals surface area contributed by atoms with Crippen molar-refractivity contribution in [2.75, 3.05) is 0 Å². The van der Waals surface area contributed by atoms with Gasteiger partial charge in [0, 0.05) is 10.9 Å². The number of rotatable bonds is 6. The van der Waals surface area contributed by atoms with Gasteiger partial charge in [0.05, 0.1) is 11.3 Å². The van der Waals surface area contributed by atoms with Gasteiger partial charge in [-0.1, -0.05) is 60.7 Å². The quantitative estimate of drug-likeness (QED) is 0.457. The molecular formula is C23H17NO3S. The van der Waals surface area contributed by atoms with Gasteiger partial charge in [-0.15, -0.1) is 11.3 Å². The average Bonchev–Trinajstić information content (AvgIpc) is 3.22. The first kappa shape index (κ1) is 17.9. The molecule has 5 heteroatoms. The van der Waals surface area contributed by atoms with Gasteiger partial charge in [-0.2, -0.15) is 0 Å². The van der Waals surface area contributed by atoms with Crippen molar-refractivity contribution in [1.82, 2.24) is 4.98 Å². The van der Waals surface area contributed by atoms with Crippen LogP contribution in [0.4, 0.5) is 0 Å². The number of carboxylic acids is 1. The molecule has 0 fully saturated rings. The van der Waals surface area contributed by atoms with Crippen molar-refractivity contribution >= 4 is 17.3 Å². The van der Waals surface area contributed by atoms with Gasteiger partial charge in [0.15, 0.2) is 0 Å². The number of thiazole rings is 1. The zero-order chi connectivity index (χ0) is 19.3. The molecule has 138 valence electrons. The second-order valence-electron chi connectivity index (χ2n) is 6.19. The molecule has 0 aliphatic heterocycles. The summed E-state index contributed by atoms with van der Waals surface area (Å²) in [6, 6.07) is 25.0. The molecule has 0 atom stereocenters. The summed E-state index contributed by atoms with van der Waals surface area (Å²) in [5, 5.41) is 11.9. The van der Waals surface area contributed by atoms with Crippen LogP contribution in [0.5, 0.6) is 5.75 Å². The van der Waals surface area contributed by atoms with Crippen LogP contribution in [0.3, 0.4) is 0 Å². The SMILES string of the molecule is O=C(O)c1cccc(OCc2nc(-c3ccc(-c4ccccc4)cc3)cs2)c1. The lowest BCUT2D eigenvalue weighted by Crippen LogP contribution is -1.99. The van der Waals surface area contributed by atoms with E-state index in [1.807, 2.05) is 23.6 Å². The molecule has 0 amide bonds. The zero-order valence-corrected chi connectivity index (χ0v) is 15.7. The van der Waals surface area contributed by atoms with Crippen molar-refractivity contribution in [3.8, 4) is 28.1 Å². The molecule has 0 bridgehead atoms. The number of benzene rings is 3. The molecule has 1 aromatic heterocycles. The van der Waals surface area contributed by atoms with E-state index < -0.39 is 5.97 Å². The summed E-state index contributed by atoms with van der Waals surface area (Å²) in [5.41, 5.74) is 4.51. The lowest BCUT2D eigenvalue weighted by Gasteiger charge is -2.05. The normalized spacial score (nSPS) is 10.6. The molecule has 0 radical (unpaired) electrons. The molecule has 1 heterocycles. The maximum Gasteiger partial charge on any atom is 0.335 e. The summed E-state index contributed by atoms with van der Waals surface area (Å²) in [6.07, 6.45) is 0. The maximum atomic E-state index is 11.0. The molecule has 0 aliphatic carbocycles. The van der Waals surface area contributed by atoms with E-state index in [2.05, 4.69) is 41.4 Å². The predicted octanol–water partition coefficient (Wildman–Crippen LogP) is 5.75. The van der Waals surface area contributed by atoms with Crippen LogP contribution in [0, 0.1) is 0 Å². The van der Waals surface area contributed by atoms with E-state index in [0.29, 0.717) is 12.4 Å². The van der Waals surface area contributed by atoms with Crippen molar-refractivity contribution in [3.05, 3.63) is 94.8 Å². The monoisotopic (exact) mass is 387 g/mol. The minimum atomic E-state index is -0.971. The maximum absolute atomic E-state index is 11.0. The number of carbonyl (C=O) groups is 1. The highest BCUT2D eigenvalue weighted by molar-refractivity contribution is 7.09. The van der Waals surface area contributed by atoms with Crippen LogP contribution in [-0.4, -0.2) is 16.1 Å². The average molecular weight is 387 g/mol. The van der Waals surface area contributed by atoms with Gasteiger partial charge in [-0.25, -0.2) is 9.78 Å². The highest BCUT2D eigenvalue weighted by Crippen LogP contribution is 2.26. The largest absolute Gasteiger partial charge is 0.486 e. The highest BCUT2D eigenvalue weighted by Gasteiger charge is 2.08. The van der Waals surface area contributed by atoms with Crippen molar-refractivity contribution in [2.24, 2.45) is 0 Å². The van der Waals surface area contributed by atoms with Crippen molar-refractivity contribution in [3.63, 3.8) is 0 Å². The zero-order valence-electron chi connectivity index (χ0n) is 14.9. The number of hydrogen-bond donors (Lipinski definition) is 1. The van der Waals surface area contributed by atoms with E-state index >= 15 is 0 Å². The number of nitrogens with zero attached hydrogens (tertiary/aromatic N) is 1. The number of ether oxygens (including phenoxy) is 1. The van der Waals surface area contributed by atoms with Gasteiger partial charge in [0.2, 0.25) is 0 Å². The van der Waals surface area contributed by atoms with Crippen LogP contribution in [0.15, 0.2) is 84.2 Å². The van der Waals surface area contributed by atoms with E-state index in [1.165, 1.54) is 34.6 Å². The Kier molecular flexibility index (Phi) is 5.17. The highest BCUT2D eigenvalue weighted by atomic mass is 32.1. The second-order valence-corrected chi connectivity index (χ2v) is 7.13. The fourth-order valence-electron chi connectivity index (χ4n) is 2.84. The first-order valence-corrected chi connectivity index (χ1v) is 9.63. The van der Waals surface area contributed by atoms with Crippen LogP contribution in [-0.2, 0) is 6.61 Å². The third-order valence-corrected chi connectivity index (χ3v) is 5.11. The Morgan fingerprint density at radius 2 is 1.61 bits per heavy atom. The van der Waals surface area contributed by atoms with Crippen LogP contribution >= 0.6 is 11.3 Å². The minimum Gasteiger partial charge on any atom is -0.486 e. The number of aromatic nitrogens is 1. The topological polar surface area (TPSA) is 59.4 Å². The van der Waals surface area contributed by atoms with Crippen molar-refractivity contribution in [1.29, 1.82) is 0 Å². The summed E-state index contributed by atoms with van der Waals surface area (Å²) in [5.74, 6) is -0.454. The van der Waals surface area contributed by atoms with E-state index in [9.17, 15) is 4.79 Å². The van der Waals surface area contributed by atoms with Crippen LogP contribution in [0.25, 0.3) is 22.4 Å². The van der Waals surface area contributed by atoms with E-state index in [0.717, 1.165) is 16.3 Å². The van der Waals surface area contributed by atoms with Crippen LogP contribution in [0.1, 0.15) is 15.4 Å². The van der Waals surface area contributed by atoms with E-state index in [4.69, 9.17) is 9.84 Å². The molecule has 0 aliphatic rings. The number of hydrogen-bond acceptors (Lipinski definition) is 4. The standard InChI is InChI=1S/C23H17NO3S/c25-23(26)19-7-4-8-20(13-19)27-14-22-24-21(15-28-22)18-11-9-17(10-12-18)16-5-2-1-3-6-16/h1-13,15H,14H2,(H,25,26). The fraction of sp³-hybridized carbons (Fsp3) is 0.0435. The first-order chi connectivity index (χ1) is 13.7. The van der Waals surface area contributed by atoms with Crippen LogP contribution in [0.2, 0.25) is 0 Å². The van der Waals surface area contributed by atoms with E-state index in [1.54, 1.807) is 12.1 Å². The van der Waals surface area contributed by atoms with Gasteiger partial charge in [0.1, 0.15) is 17.4 Å². The van der Waals surface area contributed by atoms with Gasteiger partial charge in [-0.3, -0.25) is 0 Å². The Hall–Kier alpha value is -3.44. The molecule has 1 N–H and O–H groups in total. The number of aromatic carboxylic acids is 1. The molecule has 0 saturated heterocycles. The third-order valence-electron chi connectivity index (χ3n) is 4.28. The molecular weight excluding hydrogens is 370 g/mol. The fourth-order valence-corrected chi connectivity index (χ4v) is 3.55. The number of carboxylic acid groups (broad SMARTS) is 1. The van der Waals surface area contributed by atoms with Gasteiger partial charge >= 0.3 is 5.97 Å². The van der Waals surface area contributed by atoms with Gasteiger partial charge in [-0.05, 0) is 29.3 Å². The third kappa shape index (κ3) is 4.10. The molecule has 4 rings (SSSR count). The van der Waals surface area contributed by atoms with Crippen LogP contribution < -0.4 is 4.74 Å². The smallest absolute Gasteiger partial charge is 0.335 e. The molecule has 4 nitrogen and oxygen atoms in total. The molecule has 4 aromatic rings. The molecule has 0 saturated carbocycles. The Labute approximate surface area is 166 Å². The van der Waals surface area contributed by atoms with Gasteiger partial charge < -0.3 is 9.84 Å². The summed E-state index contributed by atoms with van der Waals surface area (Å²) >= 11 is 1.52. The lowest BCUT2D eigenvalue weighted by molar-refractivity contribution is 0.0696. The molecule has 0 spiro atoms. The lowest BCUT2D eigenvalue weighted by atomic mass is 10.0. The summed E-state index contributed by atoms with van der Waals surface area (Å²) in [6.45, 7) is 0.301. The Bertz CT molecular complexity index is 1090. The predicted molar refractivity (Wildman–Crippen MR) is 111 cm³/mol. The second kappa shape index (κ2) is 8.06. The van der Waals surface area contributed by atoms with Crippen molar-refractivity contribution in [2.45, 2.75) is 6.61 Å². The van der Waals surface area contributed by atoms with Gasteiger partial charge in [0.25, 0.3) is 0 Å². The first-order valence-electron chi connectivity index (χ1n) is 8.75. The summed E-state index contributed by atoms with van der Waals surface area (Å²) in [4.78, 5) is 15.7. The summed E-state index contributed by atoms with van der Waals surface area (Å²) < 4.78 is 5.69. The molecule has 3 aromatic carbocycles. The van der Waals surface area contributed by atoms with E-state index in [-0.39, 0.29) is 5.56 Å². The Balaban J connectivity index is 1.44.